The second-order valence-electron chi connectivity index (χ2n) is 5.01. The first-order chi connectivity index (χ1) is 8.56. The summed E-state index contributed by atoms with van der Waals surface area (Å²) in [5.41, 5.74) is 5.21. The molecule has 1 aromatic carbocycles. The number of carbonyl (C=O) groups is 1. The molecular formula is C12H17BrN2O3S. The van der Waals surface area contributed by atoms with Gasteiger partial charge >= 0.3 is 0 Å². The summed E-state index contributed by atoms with van der Waals surface area (Å²) in [4.78, 5) is 11.3. The van der Waals surface area contributed by atoms with E-state index in [9.17, 15) is 13.2 Å². The molecule has 0 aliphatic heterocycles. The molecule has 5 nitrogen and oxygen atoms in total. The van der Waals surface area contributed by atoms with E-state index in [2.05, 4.69) is 20.7 Å². The molecule has 0 aliphatic carbocycles. The van der Waals surface area contributed by atoms with Crippen molar-refractivity contribution in [2.45, 2.75) is 25.7 Å². The number of primary amides is 1. The molecule has 0 saturated heterocycles. The highest BCUT2D eigenvalue weighted by Crippen LogP contribution is 2.23. The number of benzene rings is 1. The van der Waals surface area contributed by atoms with Crippen LogP contribution in [-0.4, -0.2) is 20.9 Å². The molecule has 0 aromatic heterocycles. The fourth-order valence-electron chi connectivity index (χ4n) is 1.26. The highest BCUT2D eigenvalue weighted by atomic mass is 79.9. The maximum atomic E-state index is 12.1. The van der Waals surface area contributed by atoms with Crippen LogP contribution >= 0.6 is 15.9 Å². The molecule has 0 atom stereocenters. The second-order valence-corrected chi connectivity index (χ2v) is 7.60. The van der Waals surface area contributed by atoms with Crippen LogP contribution in [0.5, 0.6) is 0 Å². The zero-order valence-corrected chi connectivity index (χ0v) is 13.4. The van der Waals surface area contributed by atoms with Crippen LogP contribution in [0.3, 0.4) is 0 Å². The molecule has 7 heteroatoms. The minimum absolute atomic E-state index is 0.0506. The van der Waals surface area contributed by atoms with E-state index >= 15 is 0 Å². The van der Waals surface area contributed by atoms with Crippen LogP contribution in [-0.2, 0) is 14.8 Å². The molecular weight excluding hydrogens is 332 g/mol. The number of hydrogen-bond acceptors (Lipinski definition) is 3. The molecule has 1 rings (SSSR count). The summed E-state index contributed by atoms with van der Waals surface area (Å²) in [6, 6.07) is 4.94. The largest absolute Gasteiger partial charge is 0.369 e. The minimum atomic E-state index is -3.68. The Balaban J connectivity index is 2.97. The molecule has 19 heavy (non-hydrogen) atoms. The molecule has 0 bridgehead atoms. The summed E-state index contributed by atoms with van der Waals surface area (Å²) in [6.45, 7) is 4.99. The fraction of sp³-hybridized carbons (Fsp3) is 0.417. The second kappa shape index (κ2) is 5.60. The van der Waals surface area contributed by atoms with Gasteiger partial charge in [0.05, 0.1) is 10.3 Å². The molecule has 0 radical (unpaired) electrons. The Morgan fingerprint density at radius 3 is 2.47 bits per heavy atom. The Morgan fingerprint density at radius 2 is 2.00 bits per heavy atom. The SMILES string of the molecule is Cc1ccc(S(=O)(=O)NCC(C)(C)C(N)=O)c(Br)c1. The van der Waals surface area contributed by atoms with Crippen molar-refractivity contribution < 1.29 is 13.2 Å². The Kier molecular flexibility index (Phi) is 4.76. The molecule has 0 aliphatic rings. The van der Waals surface area contributed by atoms with Gasteiger partial charge in [0.1, 0.15) is 0 Å². The highest BCUT2D eigenvalue weighted by Gasteiger charge is 2.28. The third-order valence-corrected chi connectivity index (χ3v) is 5.13. The monoisotopic (exact) mass is 348 g/mol. The summed E-state index contributed by atoms with van der Waals surface area (Å²) < 4.78 is 27.2. The highest BCUT2D eigenvalue weighted by molar-refractivity contribution is 9.10. The van der Waals surface area contributed by atoms with Gasteiger partial charge in [-0.3, -0.25) is 4.79 Å². The van der Waals surface area contributed by atoms with Crippen LogP contribution in [0.2, 0.25) is 0 Å². The topological polar surface area (TPSA) is 89.3 Å². The van der Waals surface area contributed by atoms with Gasteiger partial charge in [-0.05, 0) is 54.4 Å². The van der Waals surface area contributed by atoms with E-state index < -0.39 is 21.3 Å². The Labute approximate surface area is 121 Å². The average Bonchev–Trinajstić information content (AvgIpc) is 2.26. The van der Waals surface area contributed by atoms with E-state index in [1.807, 2.05) is 6.92 Å². The standard InChI is InChI=1S/C12H17BrN2O3S/c1-8-4-5-10(9(13)6-8)19(17,18)15-7-12(2,3)11(14)16/h4-6,15H,7H2,1-3H3,(H2,14,16). The van der Waals surface area contributed by atoms with Crippen LogP contribution in [0.1, 0.15) is 19.4 Å². The summed E-state index contributed by atoms with van der Waals surface area (Å²) in [5.74, 6) is -0.557. The van der Waals surface area contributed by atoms with Crippen molar-refractivity contribution in [1.29, 1.82) is 0 Å². The van der Waals surface area contributed by atoms with Crippen LogP contribution in [0.4, 0.5) is 0 Å². The van der Waals surface area contributed by atoms with Crippen molar-refractivity contribution in [2.75, 3.05) is 6.54 Å². The van der Waals surface area contributed by atoms with E-state index in [4.69, 9.17) is 5.73 Å². The van der Waals surface area contributed by atoms with Crippen molar-refractivity contribution in [3.63, 3.8) is 0 Å². The number of halogens is 1. The number of nitrogens with one attached hydrogen (secondary N) is 1. The lowest BCUT2D eigenvalue weighted by atomic mass is 9.93. The third-order valence-electron chi connectivity index (χ3n) is 2.75. The van der Waals surface area contributed by atoms with Gasteiger partial charge in [-0.1, -0.05) is 6.07 Å². The predicted octanol–water partition coefficient (Wildman–Crippen LogP) is 1.55. The maximum absolute atomic E-state index is 12.1. The van der Waals surface area contributed by atoms with Crippen molar-refractivity contribution in [2.24, 2.45) is 11.1 Å². The number of nitrogens with two attached hydrogens (primary N) is 1. The van der Waals surface area contributed by atoms with Crippen molar-refractivity contribution in [3.8, 4) is 0 Å². The third kappa shape index (κ3) is 4.02. The van der Waals surface area contributed by atoms with Gasteiger partial charge in [0, 0.05) is 11.0 Å². The number of sulfonamides is 1. The molecule has 0 saturated carbocycles. The van der Waals surface area contributed by atoms with Crippen molar-refractivity contribution in [1.82, 2.24) is 4.72 Å². The lowest BCUT2D eigenvalue weighted by molar-refractivity contribution is -0.125. The quantitative estimate of drug-likeness (QED) is 0.845. The van der Waals surface area contributed by atoms with Gasteiger partial charge in [0.15, 0.2) is 0 Å². The Hall–Kier alpha value is -0.920. The number of aryl methyl sites for hydroxylation is 1. The summed E-state index contributed by atoms with van der Waals surface area (Å²) in [7, 11) is -3.68. The van der Waals surface area contributed by atoms with Gasteiger partial charge in [0.25, 0.3) is 0 Å². The van der Waals surface area contributed by atoms with Crippen LogP contribution in [0.25, 0.3) is 0 Å². The summed E-state index contributed by atoms with van der Waals surface area (Å²) in [5, 5.41) is 0. The van der Waals surface area contributed by atoms with E-state index in [0.717, 1.165) is 5.56 Å². The minimum Gasteiger partial charge on any atom is -0.369 e. The Bertz CT molecular complexity index is 597. The summed E-state index contributed by atoms with van der Waals surface area (Å²) in [6.07, 6.45) is 0. The zero-order valence-electron chi connectivity index (χ0n) is 11.0. The number of hydrogen-bond donors (Lipinski definition) is 2. The molecule has 3 N–H and O–H groups in total. The molecule has 0 spiro atoms. The van der Waals surface area contributed by atoms with E-state index in [1.165, 1.54) is 6.07 Å². The molecule has 0 fully saturated rings. The van der Waals surface area contributed by atoms with Gasteiger partial charge in [0.2, 0.25) is 15.9 Å². The molecule has 1 amide bonds. The first-order valence-corrected chi connectivity index (χ1v) is 7.89. The van der Waals surface area contributed by atoms with Gasteiger partial charge in [-0.15, -0.1) is 0 Å². The molecule has 106 valence electrons. The van der Waals surface area contributed by atoms with Crippen LogP contribution in [0.15, 0.2) is 27.6 Å². The molecule has 0 heterocycles. The lowest BCUT2D eigenvalue weighted by Crippen LogP contribution is -2.42. The first-order valence-electron chi connectivity index (χ1n) is 5.62. The first kappa shape index (κ1) is 16.1. The smallest absolute Gasteiger partial charge is 0.241 e. The van der Waals surface area contributed by atoms with Crippen LogP contribution < -0.4 is 10.5 Å². The van der Waals surface area contributed by atoms with E-state index in [0.29, 0.717) is 4.47 Å². The molecule has 0 unspecified atom stereocenters. The van der Waals surface area contributed by atoms with Gasteiger partial charge < -0.3 is 5.73 Å². The maximum Gasteiger partial charge on any atom is 0.241 e. The average molecular weight is 349 g/mol. The Morgan fingerprint density at radius 1 is 1.42 bits per heavy atom. The van der Waals surface area contributed by atoms with Crippen LogP contribution in [0, 0.1) is 12.3 Å². The van der Waals surface area contributed by atoms with Crippen molar-refractivity contribution >= 4 is 31.9 Å². The normalized spacial score (nSPS) is 12.4. The summed E-state index contributed by atoms with van der Waals surface area (Å²) >= 11 is 3.22. The lowest BCUT2D eigenvalue weighted by Gasteiger charge is -2.21. The fourth-order valence-corrected chi connectivity index (χ4v) is 3.67. The van der Waals surface area contributed by atoms with Gasteiger partial charge in [-0.2, -0.15) is 0 Å². The number of rotatable bonds is 5. The zero-order chi connectivity index (χ0) is 14.8. The molecule has 1 aromatic rings. The predicted molar refractivity (Wildman–Crippen MR) is 77.0 cm³/mol. The van der Waals surface area contributed by atoms with Gasteiger partial charge in [-0.25, -0.2) is 13.1 Å². The van der Waals surface area contributed by atoms with Crippen molar-refractivity contribution in [3.05, 3.63) is 28.2 Å². The van der Waals surface area contributed by atoms with E-state index in [1.54, 1.807) is 26.0 Å². The number of amides is 1. The number of carbonyl (C=O) groups excluding carboxylic acids is 1. The van der Waals surface area contributed by atoms with E-state index in [-0.39, 0.29) is 11.4 Å².